The second-order valence-electron chi connectivity index (χ2n) is 6.12. The first-order valence-electron chi connectivity index (χ1n) is 9.32. The van der Waals surface area contributed by atoms with E-state index in [1.807, 2.05) is 9.99 Å². The van der Waals surface area contributed by atoms with Crippen LogP contribution in [0.5, 0.6) is 0 Å². The summed E-state index contributed by atoms with van der Waals surface area (Å²) >= 11 is 3.50. The normalized spacial score (nSPS) is 21.7. The average molecular weight is 431 g/mol. The van der Waals surface area contributed by atoms with Crippen molar-refractivity contribution in [1.82, 2.24) is 8.83 Å². The zero-order valence-electron chi connectivity index (χ0n) is 15.5. The first-order chi connectivity index (χ1) is 12.8. The number of nitrogens with zero attached hydrogens (tertiary/aromatic N) is 2. The van der Waals surface area contributed by atoms with Gasteiger partial charge < -0.3 is 18.9 Å². The highest BCUT2D eigenvalue weighted by molar-refractivity contribution is 9.07. The molecule has 7 heteroatoms. The first kappa shape index (κ1) is 21.8. The van der Waals surface area contributed by atoms with Crippen molar-refractivity contribution in [3.8, 4) is 0 Å². The number of hydrogen-bond acceptors (Lipinski definition) is 6. The van der Waals surface area contributed by atoms with Crippen LogP contribution in [0.3, 0.4) is 0 Å². The lowest BCUT2D eigenvalue weighted by Gasteiger charge is -2.22. The van der Waals surface area contributed by atoms with Crippen LogP contribution in [0.4, 0.5) is 0 Å². The maximum absolute atomic E-state index is 5.72. The molecular weight excluding hydrogens is 400 g/mol. The first-order valence-corrected chi connectivity index (χ1v) is 10.0. The van der Waals surface area contributed by atoms with Crippen LogP contribution in [-0.2, 0) is 25.5 Å². The summed E-state index contributed by atoms with van der Waals surface area (Å²) in [5.74, 6) is 0. The van der Waals surface area contributed by atoms with Gasteiger partial charge in [-0.1, -0.05) is 30.3 Å². The van der Waals surface area contributed by atoms with Gasteiger partial charge in [-0.3, -0.25) is 4.90 Å². The number of rotatable bonds is 2. The molecule has 1 fully saturated rings. The van der Waals surface area contributed by atoms with Gasteiger partial charge in [0.1, 0.15) is 0 Å². The predicted molar refractivity (Wildman–Crippen MR) is 105 cm³/mol. The number of ether oxygens (including phenoxy) is 4. The van der Waals surface area contributed by atoms with E-state index in [9.17, 15) is 0 Å². The molecule has 1 heterocycles. The van der Waals surface area contributed by atoms with Crippen molar-refractivity contribution in [1.29, 1.82) is 0 Å². The summed E-state index contributed by atoms with van der Waals surface area (Å²) in [6, 6.07) is 10.5. The molecule has 0 aliphatic carbocycles. The summed E-state index contributed by atoms with van der Waals surface area (Å²) in [6.07, 6.45) is 0. The molecule has 1 aliphatic rings. The monoisotopic (exact) mass is 430 g/mol. The van der Waals surface area contributed by atoms with Gasteiger partial charge in [0.05, 0.1) is 52.9 Å². The Bertz CT molecular complexity index is 432. The van der Waals surface area contributed by atoms with Crippen molar-refractivity contribution in [2.75, 3.05) is 79.0 Å². The Balaban J connectivity index is 1.75. The number of hydrogen-bond donors (Lipinski definition) is 0. The Hall–Kier alpha value is -0.540. The summed E-state index contributed by atoms with van der Waals surface area (Å²) in [4.78, 5) is 2.36. The molecule has 0 amide bonds. The van der Waals surface area contributed by atoms with Crippen molar-refractivity contribution in [2.45, 2.75) is 6.54 Å². The minimum Gasteiger partial charge on any atom is -0.378 e. The second-order valence-corrected chi connectivity index (χ2v) is 7.12. The summed E-state index contributed by atoms with van der Waals surface area (Å²) in [6.45, 7) is 9.56. The van der Waals surface area contributed by atoms with Crippen molar-refractivity contribution in [3.63, 3.8) is 0 Å². The zero-order valence-corrected chi connectivity index (χ0v) is 17.1. The molecule has 0 N–H and O–H groups in total. The lowest BCUT2D eigenvalue weighted by atomic mass is 10.2. The SMILES string of the molecule is BrN1CCOCCOCCN(Cc2ccccc2)CCOCCOCC1. The lowest BCUT2D eigenvalue weighted by Crippen LogP contribution is -2.31. The Kier molecular flexibility index (Phi) is 12.1. The number of benzene rings is 1. The fraction of sp³-hybridized carbons (Fsp3) is 0.684. The van der Waals surface area contributed by atoms with Crippen LogP contribution in [0.1, 0.15) is 5.56 Å². The van der Waals surface area contributed by atoms with E-state index in [4.69, 9.17) is 18.9 Å². The van der Waals surface area contributed by atoms with E-state index in [1.165, 1.54) is 5.56 Å². The molecule has 0 aromatic heterocycles. The highest BCUT2D eigenvalue weighted by Crippen LogP contribution is 2.04. The molecule has 1 aromatic carbocycles. The molecular formula is C19H31BrN2O4. The standard InChI is InChI=1S/C19H31BrN2O4/c20-22-8-12-25-16-14-23-10-6-21(18-19-4-2-1-3-5-19)7-11-24-15-17-26-13-9-22/h1-5H,6-18H2. The predicted octanol–water partition coefficient (Wildman–Crippen LogP) is 2.18. The molecule has 1 saturated heterocycles. The highest BCUT2D eigenvalue weighted by atomic mass is 79.9. The average Bonchev–Trinajstić information content (AvgIpc) is 2.65. The van der Waals surface area contributed by atoms with Gasteiger partial charge >= 0.3 is 0 Å². The molecule has 0 atom stereocenters. The summed E-state index contributed by atoms with van der Waals surface area (Å²) < 4.78 is 24.7. The van der Waals surface area contributed by atoms with Gasteiger partial charge in [-0.15, -0.1) is 0 Å². The van der Waals surface area contributed by atoms with Gasteiger partial charge in [0.15, 0.2) is 0 Å². The molecule has 1 aromatic rings. The third-order valence-corrected chi connectivity index (χ3v) is 4.76. The molecule has 0 saturated carbocycles. The molecule has 0 bridgehead atoms. The minimum atomic E-state index is 0.624. The minimum absolute atomic E-state index is 0.624. The van der Waals surface area contributed by atoms with Crippen molar-refractivity contribution in [2.24, 2.45) is 0 Å². The van der Waals surface area contributed by atoms with Crippen LogP contribution in [0, 0.1) is 0 Å². The Morgan fingerprint density at radius 2 is 1.12 bits per heavy atom. The van der Waals surface area contributed by atoms with Crippen molar-refractivity contribution < 1.29 is 18.9 Å². The molecule has 0 unspecified atom stereocenters. The van der Waals surface area contributed by atoms with Crippen LogP contribution >= 0.6 is 16.1 Å². The van der Waals surface area contributed by atoms with Crippen molar-refractivity contribution >= 4 is 16.1 Å². The van der Waals surface area contributed by atoms with E-state index in [2.05, 4.69) is 45.3 Å². The molecule has 148 valence electrons. The third kappa shape index (κ3) is 10.6. The van der Waals surface area contributed by atoms with Crippen LogP contribution in [0.15, 0.2) is 30.3 Å². The third-order valence-electron chi connectivity index (χ3n) is 4.05. The Morgan fingerprint density at radius 1 is 0.654 bits per heavy atom. The number of halogens is 1. The summed E-state index contributed by atoms with van der Waals surface area (Å²) in [5, 5.41) is 0. The Morgan fingerprint density at radius 3 is 1.62 bits per heavy atom. The van der Waals surface area contributed by atoms with Crippen LogP contribution in [-0.4, -0.2) is 87.9 Å². The highest BCUT2D eigenvalue weighted by Gasteiger charge is 2.07. The van der Waals surface area contributed by atoms with E-state index in [1.54, 1.807) is 0 Å². The van der Waals surface area contributed by atoms with Crippen LogP contribution < -0.4 is 0 Å². The van der Waals surface area contributed by atoms with Gasteiger partial charge in [0.25, 0.3) is 0 Å². The van der Waals surface area contributed by atoms with E-state index in [0.717, 1.165) is 32.7 Å². The van der Waals surface area contributed by atoms with E-state index in [-0.39, 0.29) is 0 Å². The maximum Gasteiger partial charge on any atom is 0.0701 e. The lowest BCUT2D eigenvalue weighted by molar-refractivity contribution is 0.0151. The Labute approximate surface area is 165 Å². The van der Waals surface area contributed by atoms with Crippen LogP contribution in [0.25, 0.3) is 0 Å². The van der Waals surface area contributed by atoms with Gasteiger partial charge in [0.2, 0.25) is 0 Å². The van der Waals surface area contributed by atoms with Gasteiger partial charge in [-0.25, -0.2) is 3.93 Å². The molecule has 26 heavy (non-hydrogen) atoms. The summed E-state index contributed by atoms with van der Waals surface area (Å²) in [7, 11) is 0. The molecule has 2 rings (SSSR count). The zero-order chi connectivity index (χ0) is 18.3. The molecule has 0 radical (unpaired) electrons. The molecule has 1 aliphatic heterocycles. The van der Waals surface area contributed by atoms with E-state index in [0.29, 0.717) is 52.9 Å². The fourth-order valence-electron chi connectivity index (χ4n) is 2.58. The van der Waals surface area contributed by atoms with E-state index < -0.39 is 0 Å². The smallest absolute Gasteiger partial charge is 0.0701 e. The van der Waals surface area contributed by atoms with Gasteiger partial charge in [-0.2, -0.15) is 0 Å². The van der Waals surface area contributed by atoms with Gasteiger partial charge in [0, 0.05) is 48.9 Å². The fourth-order valence-corrected chi connectivity index (χ4v) is 2.87. The van der Waals surface area contributed by atoms with E-state index >= 15 is 0 Å². The van der Waals surface area contributed by atoms with Crippen molar-refractivity contribution in [3.05, 3.63) is 35.9 Å². The summed E-state index contributed by atoms with van der Waals surface area (Å²) in [5.41, 5.74) is 1.31. The molecule has 6 nitrogen and oxygen atoms in total. The quantitative estimate of drug-likeness (QED) is 0.669. The molecule has 0 spiro atoms. The maximum atomic E-state index is 5.72. The largest absolute Gasteiger partial charge is 0.378 e. The second kappa shape index (κ2) is 14.5. The van der Waals surface area contributed by atoms with Crippen LogP contribution in [0.2, 0.25) is 0 Å². The van der Waals surface area contributed by atoms with Gasteiger partial charge in [-0.05, 0) is 5.56 Å². The topological polar surface area (TPSA) is 43.4 Å².